The molecule has 1 aliphatic heterocycles. The molecule has 0 spiro atoms. The summed E-state index contributed by atoms with van der Waals surface area (Å²) in [7, 11) is 0. The smallest absolute Gasteiger partial charge is 0.290 e. The number of Topliss-reactive ketones (excluding diaryl/α,β-unsaturated/α-hetero) is 1. The van der Waals surface area contributed by atoms with Crippen molar-refractivity contribution in [2.75, 3.05) is 13.2 Å². The van der Waals surface area contributed by atoms with Crippen molar-refractivity contribution < 1.29 is 29.0 Å². The minimum absolute atomic E-state index is 0.00902. The van der Waals surface area contributed by atoms with Gasteiger partial charge in [0.2, 0.25) is 5.78 Å². The molecular weight excluding hydrogens is 398 g/mol. The first-order chi connectivity index (χ1) is 14.9. The molecule has 0 bridgehead atoms. The highest BCUT2D eigenvalue weighted by molar-refractivity contribution is 6.16. The molecule has 1 atom stereocenters. The van der Waals surface area contributed by atoms with E-state index in [0.717, 1.165) is 5.39 Å². The number of ether oxygens (including phenoxy) is 1. The van der Waals surface area contributed by atoms with Crippen molar-refractivity contribution in [3.8, 4) is 5.75 Å². The lowest BCUT2D eigenvalue weighted by atomic mass is 9.95. The minimum atomic E-state index is -0.879. The number of nitrogens with zero attached hydrogens (tertiary/aromatic N) is 1. The second kappa shape index (κ2) is 8.28. The van der Waals surface area contributed by atoms with Crippen molar-refractivity contribution >= 4 is 22.7 Å². The SMILES string of the molecule is CC(C)OCCN1C(=O)C(O)=C(C(=O)c2cc3ccccc3o2)C1c1cccc(O)c1. The number of amides is 1. The zero-order valence-corrected chi connectivity index (χ0v) is 17.2. The summed E-state index contributed by atoms with van der Waals surface area (Å²) in [5.74, 6) is -1.85. The number of aromatic hydroxyl groups is 1. The van der Waals surface area contributed by atoms with Crippen molar-refractivity contribution in [3.05, 3.63) is 77.3 Å². The molecule has 0 aliphatic carbocycles. The zero-order chi connectivity index (χ0) is 22.1. The number of aliphatic hydroxyl groups is 1. The maximum absolute atomic E-state index is 13.4. The molecule has 4 rings (SSSR count). The molecule has 0 radical (unpaired) electrons. The van der Waals surface area contributed by atoms with Crippen LogP contribution in [0.25, 0.3) is 11.0 Å². The molecule has 1 amide bonds. The standard InChI is InChI=1S/C24H23NO6/c1-14(2)30-11-10-25-21(16-7-5-8-17(26)12-16)20(23(28)24(25)29)22(27)19-13-15-6-3-4-9-18(15)31-19/h3-9,12-14,21,26,28H,10-11H2,1-2H3. The van der Waals surface area contributed by atoms with E-state index in [-0.39, 0.29) is 36.3 Å². The van der Waals surface area contributed by atoms with Crippen LogP contribution in [0, 0.1) is 0 Å². The number of phenols is 1. The Hall–Kier alpha value is -3.58. The van der Waals surface area contributed by atoms with Crippen LogP contribution < -0.4 is 0 Å². The number of aliphatic hydroxyl groups excluding tert-OH is 1. The highest BCUT2D eigenvalue weighted by atomic mass is 16.5. The van der Waals surface area contributed by atoms with Crippen LogP contribution in [0.4, 0.5) is 0 Å². The fourth-order valence-corrected chi connectivity index (χ4v) is 3.77. The molecule has 31 heavy (non-hydrogen) atoms. The largest absolute Gasteiger partial charge is 0.508 e. The second-order valence-electron chi connectivity index (χ2n) is 7.66. The van der Waals surface area contributed by atoms with Crippen molar-refractivity contribution in [2.45, 2.75) is 26.0 Å². The first kappa shape index (κ1) is 20.7. The van der Waals surface area contributed by atoms with E-state index >= 15 is 0 Å². The van der Waals surface area contributed by atoms with Gasteiger partial charge in [-0.05, 0) is 43.7 Å². The number of carbonyl (C=O) groups is 2. The summed E-state index contributed by atoms with van der Waals surface area (Å²) in [6, 6.07) is 14.2. The molecule has 0 fully saturated rings. The van der Waals surface area contributed by atoms with Crippen LogP contribution in [0.2, 0.25) is 0 Å². The Morgan fingerprint density at radius 2 is 1.90 bits per heavy atom. The Morgan fingerprint density at radius 3 is 2.61 bits per heavy atom. The van der Waals surface area contributed by atoms with Gasteiger partial charge in [0.15, 0.2) is 11.5 Å². The van der Waals surface area contributed by atoms with E-state index in [4.69, 9.17) is 9.15 Å². The van der Waals surface area contributed by atoms with E-state index in [1.54, 1.807) is 30.3 Å². The Morgan fingerprint density at radius 1 is 1.13 bits per heavy atom. The lowest BCUT2D eigenvalue weighted by Crippen LogP contribution is -2.34. The maximum atomic E-state index is 13.4. The Labute approximate surface area is 179 Å². The third-order valence-electron chi connectivity index (χ3n) is 5.17. The predicted octanol–water partition coefficient (Wildman–Crippen LogP) is 4.14. The summed E-state index contributed by atoms with van der Waals surface area (Å²) < 4.78 is 11.3. The number of furan rings is 1. The average Bonchev–Trinajstić information content (AvgIpc) is 3.28. The Kier molecular flexibility index (Phi) is 5.52. The number of rotatable bonds is 7. The van der Waals surface area contributed by atoms with Crippen LogP contribution in [0.15, 0.2) is 70.3 Å². The molecule has 0 saturated heterocycles. The number of fused-ring (bicyclic) bond motifs is 1. The summed E-state index contributed by atoms with van der Waals surface area (Å²) in [6.07, 6.45) is -0.0323. The molecule has 1 unspecified atom stereocenters. The van der Waals surface area contributed by atoms with Gasteiger partial charge >= 0.3 is 0 Å². The van der Waals surface area contributed by atoms with Gasteiger partial charge in [-0.25, -0.2) is 0 Å². The van der Waals surface area contributed by atoms with Crippen LogP contribution in [0.1, 0.15) is 36.0 Å². The first-order valence-corrected chi connectivity index (χ1v) is 10.0. The summed E-state index contributed by atoms with van der Waals surface area (Å²) in [4.78, 5) is 27.6. The molecule has 2 aromatic carbocycles. The quantitative estimate of drug-likeness (QED) is 0.556. The Balaban J connectivity index is 1.75. The van der Waals surface area contributed by atoms with Gasteiger partial charge in [-0.2, -0.15) is 0 Å². The average molecular weight is 421 g/mol. The number of hydrogen-bond donors (Lipinski definition) is 2. The fourth-order valence-electron chi connectivity index (χ4n) is 3.77. The molecule has 7 nitrogen and oxygen atoms in total. The van der Waals surface area contributed by atoms with Gasteiger partial charge in [0, 0.05) is 11.9 Å². The normalized spacial score (nSPS) is 16.7. The zero-order valence-electron chi connectivity index (χ0n) is 17.2. The van der Waals surface area contributed by atoms with Gasteiger partial charge in [-0.1, -0.05) is 30.3 Å². The van der Waals surface area contributed by atoms with Gasteiger partial charge in [0.1, 0.15) is 11.3 Å². The van der Waals surface area contributed by atoms with Gasteiger partial charge in [-0.15, -0.1) is 0 Å². The summed E-state index contributed by atoms with van der Waals surface area (Å²) in [5.41, 5.74) is 0.951. The van der Waals surface area contributed by atoms with E-state index in [9.17, 15) is 19.8 Å². The number of ketones is 1. The number of carbonyl (C=O) groups excluding carboxylic acids is 2. The topological polar surface area (TPSA) is 100 Å². The van der Waals surface area contributed by atoms with Gasteiger partial charge in [0.25, 0.3) is 5.91 Å². The maximum Gasteiger partial charge on any atom is 0.290 e. The molecule has 3 aromatic rings. The Bertz CT molecular complexity index is 1140. The molecule has 0 saturated carbocycles. The highest BCUT2D eigenvalue weighted by Crippen LogP contribution is 2.40. The second-order valence-corrected chi connectivity index (χ2v) is 7.66. The molecular formula is C24H23NO6. The summed E-state index contributed by atoms with van der Waals surface area (Å²) >= 11 is 0. The van der Waals surface area contributed by atoms with Gasteiger partial charge in [-0.3, -0.25) is 9.59 Å². The summed E-state index contributed by atoms with van der Waals surface area (Å²) in [6.45, 7) is 4.16. The number of para-hydroxylation sites is 1. The molecule has 1 aliphatic rings. The van der Waals surface area contributed by atoms with E-state index < -0.39 is 23.5 Å². The van der Waals surface area contributed by atoms with Crippen LogP contribution in [0.5, 0.6) is 5.75 Å². The van der Waals surface area contributed by atoms with Crippen LogP contribution in [0.3, 0.4) is 0 Å². The van der Waals surface area contributed by atoms with Gasteiger partial charge < -0.3 is 24.3 Å². The van der Waals surface area contributed by atoms with Crippen LogP contribution >= 0.6 is 0 Å². The number of benzene rings is 2. The molecule has 2 N–H and O–H groups in total. The first-order valence-electron chi connectivity index (χ1n) is 10.0. The van der Waals surface area contributed by atoms with Crippen LogP contribution in [-0.2, 0) is 9.53 Å². The molecule has 7 heteroatoms. The molecule has 2 heterocycles. The monoisotopic (exact) mass is 421 g/mol. The van der Waals surface area contributed by atoms with E-state index in [0.29, 0.717) is 11.1 Å². The van der Waals surface area contributed by atoms with E-state index in [1.807, 2.05) is 26.0 Å². The molecule has 1 aromatic heterocycles. The lowest BCUT2D eigenvalue weighted by Gasteiger charge is -2.27. The van der Waals surface area contributed by atoms with Crippen molar-refractivity contribution in [2.24, 2.45) is 0 Å². The molecule has 160 valence electrons. The van der Waals surface area contributed by atoms with Crippen LogP contribution in [-0.4, -0.2) is 46.1 Å². The summed E-state index contributed by atoms with van der Waals surface area (Å²) in [5, 5.41) is 21.4. The van der Waals surface area contributed by atoms with Crippen molar-refractivity contribution in [3.63, 3.8) is 0 Å². The number of phenolic OH excluding ortho intramolecular Hbond substituents is 1. The lowest BCUT2D eigenvalue weighted by molar-refractivity contribution is -0.130. The fraction of sp³-hybridized carbons (Fsp3) is 0.250. The van der Waals surface area contributed by atoms with E-state index in [2.05, 4.69) is 0 Å². The van der Waals surface area contributed by atoms with Gasteiger partial charge in [0.05, 0.1) is 24.3 Å². The third kappa shape index (κ3) is 3.92. The van der Waals surface area contributed by atoms with Crippen molar-refractivity contribution in [1.29, 1.82) is 0 Å². The third-order valence-corrected chi connectivity index (χ3v) is 5.17. The minimum Gasteiger partial charge on any atom is -0.508 e. The predicted molar refractivity (Wildman–Crippen MR) is 114 cm³/mol. The number of hydrogen-bond acceptors (Lipinski definition) is 6. The van der Waals surface area contributed by atoms with E-state index in [1.165, 1.54) is 17.0 Å². The highest BCUT2D eigenvalue weighted by Gasteiger charge is 2.44. The van der Waals surface area contributed by atoms with Crippen molar-refractivity contribution in [1.82, 2.24) is 4.90 Å².